The highest BCUT2D eigenvalue weighted by Crippen LogP contribution is 1.67. The molecule has 0 heteroatoms. The lowest BCUT2D eigenvalue weighted by Crippen LogP contribution is -1.45. The van der Waals surface area contributed by atoms with Crippen LogP contribution >= 0.6 is 0 Å². The van der Waals surface area contributed by atoms with Gasteiger partial charge in [-0.2, -0.15) is 0 Å². The highest BCUT2D eigenvalue weighted by Gasteiger charge is 1.52. The summed E-state index contributed by atoms with van der Waals surface area (Å²) in [5.41, 5.74) is 0. The van der Waals surface area contributed by atoms with Gasteiger partial charge >= 0.3 is 0 Å². The molecule has 0 N–H and O–H groups in total. The minimum Gasteiger partial charge on any atom is -0.120 e. The van der Waals surface area contributed by atoms with Crippen LogP contribution in [-0.4, -0.2) is 0 Å². The van der Waals surface area contributed by atoms with Gasteiger partial charge in [0.15, 0.2) is 0 Å². The molecule has 1 radical (unpaired) electrons. The Bertz CT molecular complexity index is 54.9. The van der Waals surface area contributed by atoms with Crippen LogP contribution in [0.3, 0.4) is 0 Å². The third kappa shape index (κ3) is 3.30. The van der Waals surface area contributed by atoms with E-state index >= 15 is 0 Å². The minimum absolute atomic E-state index is 0.569. The predicted molar refractivity (Wildman–Crippen MR) is 22.3 cm³/mol. The van der Waals surface area contributed by atoms with Crippen LogP contribution in [0.5, 0.6) is 0 Å². The number of rotatable bonds is 1. The fourth-order valence-corrected chi connectivity index (χ4v) is 0.0680. The summed E-state index contributed by atoms with van der Waals surface area (Å²) in [5, 5.41) is 0. The smallest absolute Gasteiger partial charge is 0.0270 e. The van der Waals surface area contributed by atoms with Gasteiger partial charge in [-0.3, -0.25) is 0 Å². The van der Waals surface area contributed by atoms with Gasteiger partial charge in [0.25, 0.3) is 0 Å². The van der Waals surface area contributed by atoms with E-state index in [0.29, 0.717) is 6.42 Å². The maximum Gasteiger partial charge on any atom is 0.0270 e. The van der Waals surface area contributed by atoms with E-state index in [1.54, 1.807) is 0 Å². The fourth-order valence-electron chi connectivity index (χ4n) is 0.0680. The highest BCUT2D eigenvalue weighted by atomic mass is 13.6. The molecular formula is C5H5. The zero-order valence-corrected chi connectivity index (χ0v) is 2.94. The van der Waals surface area contributed by atoms with Crippen LogP contribution < -0.4 is 0 Å². The van der Waals surface area contributed by atoms with Crippen LogP contribution in [0, 0.1) is 18.9 Å². The Kier molecular flexibility index (Phi) is 2.84. The maximum absolute atomic E-state index is 4.87. The molecule has 0 aliphatic carbocycles. The van der Waals surface area contributed by atoms with E-state index in [-0.39, 0.29) is 0 Å². The van der Waals surface area contributed by atoms with Gasteiger partial charge in [-0.05, 0) is 0 Å². The summed E-state index contributed by atoms with van der Waals surface area (Å²) >= 11 is 0. The molecule has 0 nitrogen and oxygen atoms in total. The van der Waals surface area contributed by atoms with E-state index in [2.05, 4.69) is 5.92 Å². The van der Waals surface area contributed by atoms with Crippen LogP contribution in [0.15, 0.2) is 6.08 Å². The largest absolute Gasteiger partial charge is 0.120 e. The Morgan fingerprint density at radius 3 is 2.40 bits per heavy atom. The first-order chi connectivity index (χ1) is 2.41. The standard InChI is InChI=1S/C5H5/c1-3-5-4-2/h1-3H,5H2. The highest BCUT2D eigenvalue weighted by molar-refractivity contribution is 4.90. The predicted octanol–water partition coefficient (Wildman–Crippen LogP) is 0.999. The van der Waals surface area contributed by atoms with Crippen molar-refractivity contribution in [3.63, 3.8) is 0 Å². The lowest BCUT2D eigenvalue weighted by molar-refractivity contribution is 1.49. The summed E-state index contributed by atoms with van der Waals surface area (Å²) in [6.45, 7) is 4.87. The zero-order valence-electron chi connectivity index (χ0n) is 2.94. The first-order valence-corrected chi connectivity index (χ1v) is 1.38. The third-order valence-electron chi connectivity index (χ3n) is 0.236. The molecule has 0 aromatic heterocycles. The quantitative estimate of drug-likeness (QED) is 0.400. The average molecular weight is 65.1 g/mol. The van der Waals surface area contributed by atoms with Crippen molar-refractivity contribution in [3.05, 3.63) is 12.7 Å². The van der Waals surface area contributed by atoms with E-state index in [1.807, 2.05) is 0 Å². The Balaban J connectivity index is 2.75. The molecule has 0 aliphatic heterocycles. The Hall–Kier alpha value is -0.700. The lowest BCUT2D eigenvalue weighted by Gasteiger charge is -1.60. The molecule has 0 aromatic carbocycles. The Labute approximate surface area is 32.5 Å². The number of terminal acetylenes is 1. The summed E-state index contributed by atoms with van der Waals surface area (Å²) < 4.78 is 0. The van der Waals surface area contributed by atoms with Gasteiger partial charge in [0.05, 0.1) is 0 Å². The Morgan fingerprint density at radius 1 is 1.80 bits per heavy atom. The number of allylic oxidation sites excluding steroid dienone is 1. The number of hydrogen-bond acceptors (Lipinski definition) is 0. The molecule has 0 atom stereocenters. The SMILES string of the molecule is [CH]=CCC#C. The summed E-state index contributed by atoms with van der Waals surface area (Å²) in [5.74, 6) is 2.34. The van der Waals surface area contributed by atoms with Crippen LogP contribution in [0.2, 0.25) is 0 Å². The third-order valence-corrected chi connectivity index (χ3v) is 0.236. The first-order valence-electron chi connectivity index (χ1n) is 1.38. The van der Waals surface area contributed by atoms with E-state index in [4.69, 9.17) is 13.0 Å². The van der Waals surface area contributed by atoms with Gasteiger partial charge in [0.1, 0.15) is 0 Å². The van der Waals surface area contributed by atoms with E-state index in [1.165, 1.54) is 6.08 Å². The first kappa shape index (κ1) is 4.30. The molecule has 0 saturated heterocycles. The van der Waals surface area contributed by atoms with Crippen LogP contribution in [0.4, 0.5) is 0 Å². The normalized spacial score (nSPS) is 5.40. The molecule has 0 aromatic rings. The van der Waals surface area contributed by atoms with Crippen molar-refractivity contribution >= 4 is 0 Å². The zero-order chi connectivity index (χ0) is 4.12. The van der Waals surface area contributed by atoms with Crippen LogP contribution in [0.25, 0.3) is 0 Å². The van der Waals surface area contributed by atoms with Gasteiger partial charge in [-0.25, -0.2) is 0 Å². The van der Waals surface area contributed by atoms with Crippen molar-refractivity contribution in [2.24, 2.45) is 0 Å². The van der Waals surface area contributed by atoms with Crippen molar-refractivity contribution in [2.75, 3.05) is 0 Å². The molecule has 0 aliphatic rings. The molecule has 0 spiro atoms. The van der Waals surface area contributed by atoms with E-state index < -0.39 is 0 Å². The molecule has 0 fully saturated rings. The molecule has 0 bridgehead atoms. The maximum atomic E-state index is 4.87. The lowest BCUT2D eigenvalue weighted by atomic mass is 10.5. The molecule has 0 heterocycles. The van der Waals surface area contributed by atoms with Gasteiger partial charge in [0.2, 0.25) is 0 Å². The molecule has 0 unspecified atom stereocenters. The summed E-state index contributed by atoms with van der Waals surface area (Å²) in [4.78, 5) is 0. The summed E-state index contributed by atoms with van der Waals surface area (Å²) in [7, 11) is 0. The molecule has 0 amide bonds. The molecule has 25 valence electrons. The van der Waals surface area contributed by atoms with Crippen molar-refractivity contribution < 1.29 is 0 Å². The molecule has 5 heavy (non-hydrogen) atoms. The second-order valence-corrected chi connectivity index (χ2v) is 0.644. The Morgan fingerprint density at radius 2 is 2.40 bits per heavy atom. The van der Waals surface area contributed by atoms with Gasteiger partial charge in [0, 0.05) is 6.42 Å². The minimum atomic E-state index is 0.569. The second-order valence-electron chi connectivity index (χ2n) is 0.644. The van der Waals surface area contributed by atoms with Crippen molar-refractivity contribution in [1.29, 1.82) is 0 Å². The second kappa shape index (κ2) is 3.30. The van der Waals surface area contributed by atoms with Crippen LogP contribution in [-0.2, 0) is 0 Å². The van der Waals surface area contributed by atoms with E-state index in [0.717, 1.165) is 0 Å². The fraction of sp³-hybridized carbons (Fsp3) is 0.200. The molecule has 0 rings (SSSR count). The van der Waals surface area contributed by atoms with Crippen molar-refractivity contribution in [3.8, 4) is 12.3 Å². The van der Waals surface area contributed by atoms with Gasteiger partial charge < -0.3 is 0 Å². The summed E-state index contributed by atoms with van der Waals surface area (Å²) in [6.07, 6.45) is 6.79. The van der Waals surface area contributed by atoms with Gasteiger partial charge in [-0.1, -0.05) is 12.7 Å². The molecule has 0 saturated carbocycles. The average Bonchev–Trinajstić information content (AvgIpc) is 1.41. The molecular weight excluding hydrogens is 60.1 g/mol. The monoisotopic (exact) mass is 65.0 g/mol. The topological polar surface area (TPSA) is 0 Å². The van der Waals surface area contributed by atoms with Crippen molar-refractivity contribution in [1.82, 2.24) is 0 Å². The van der Waals surface area contributed by atoms with Crippen LogP contribution in [0.1, 0.15) is 6.42 Å². The van der Waals surface area contributed by atoms with Crippen molar-refractivity contribution in [2.45, 2.75) is 6.42 Å². The summed E-state index contributed by atoms with van der Waals surface area (Å²) in [6, 6.07) is 0. The van der Waals surface area contributed by atoms with Gasteiger partial charge in [-0.15, -0.1) is 12.3 Å². The number of hydrogen-bond donors (Lipinski definition) is 0. The van der Waals surface area contributed by atoms with E-state index in [9.17, 15) is 0 Å².